The molecule has 0 fully saturated rings. The van der Waals surface area contributed by atoms with Crippen molar-refractivity contribution in [2.24, 2.45) is 11.8 Å². The first-order valence-corrected chi connectivity index (χ1v) is 9.43. The van der Waals surface area contributed by atoms with E-state index in [0.717, 1.165) is 25.7 Å². The Balaban J connectivity index is 3.76. The van der Waals surface area contributed by atoms with E-state index in [1.807, 2.05) is 0 Å². The van der Waals surface area contributed by atoms with Crippen molar-refractivity contribution < 1.29 is 9.11 Å². The minimum Gasteiger partial charge on any atom is -0.571 e. The van der Waals surface area contributed by atoms with Gasteiger partial charge in [-0.25, -0.2) is 0 Å². The highest BCUT2D eigenvalue weighted by Crippen LogP contribution is 2.17. The summed E-state index contributed by atoms with van der Waals surface area (Å²) in [6, 6.07) is 0. The van der Waals surface area contributed by atoms with Gasteiger partial charge in [-0.15, -0.1) is 0 Å². The molecule has 0 radical (unpaired) electrons. The van der Waals surface area contributed by atoms with Crippen LogP contribution >= 0.6 is 0 Å². The zero-order chi connectivity index (χ0) is 12.6. The Kier molecular flexibility index (Phi) is 10.0. The van der Waals surface area contributed by atoms with Gasteiger partial charge in [0.25, 0.3) is 0 Å². The number of rotatable bonds is 9. The van der Waals surface area contributed by atoms with Crippen LogP contribution in [0.4, 0.5) is 0 Å². The van der Waals surface area contributed by atoms with Crippen LogP contribution in [0.1, 0.15) is 53.4 Å². The second kappa shape index (κ2) is 9.63. The molecule has 0 bridgehead atoms. The predicted molar refractivity (Wildman–Crippen MR) is 74.2 cm³/mol. The summed E-state index contributed by atoms with van der Waals surface area (Å²) < 4.78 is 23.5. The average molecular weight is 266 g/mol. The third-order valence-corrected chi connectivity index (χ3v) is 6.86. The first-order chi connectivity index (χ1) is 7.51. The Morgan fingerprint density at radius 1 is 0.938 bits per heavy atom. The van der Waals surface area contributed by atoms with E-state index in [9.17, 15) is 9.11 Å². The summed E-state index contributed by atoms with van der Waals surface area (Å²) in [6.45, 7) is 8.50. The quantitative estimate of drug-likeness (QED) is 0.475. The van der Waals surface area contributed by atoms with Crippen LogP contribution in [-0.4, -0.2) is 20.6 Å². The van der Waals surface area contributed by atoms with Gasteiger partial charge in [0.1, 0.15) is 0 Å². The molecule has 0 aromatic heterocycles. The highest BCUT2D eigenvalue weighted by Gasteiger charge is 2.26. The summed E-state index contributed by atoms with van der Waals surface area (Å²) in [5.41, 5.74) is 0. The van der Waals surface area contributed by atoms with Crippen LogP contribution in [0.25, 0.3) is 0 Å². The molecule has 0 saturated carbocycles. The minimum absolute atomic E-state index is 0.429. The van der Waals surface area contributed by atoms with Gasteiger partial charge in [0.2, 0.25) is 0 Å². The SMILES string of the molecule is CCCC(C)C[S+]([O-])[S+]([O-])CCC(C)CC. The molecule has 0 aliphatic carbocycles. The van der Waals surface area contributed by atoms with E-state index in [1.165, 1.54) is 0 Å². The van der Waals surface area contributed by atoms with Crippen LogP contribution < -0.4 is 0 Å². The molecule has 0 spiro atoms. The summed E-state index contributed by atoms with van der Waals surface area (Å²) in [4.78, 5) is 0. The third-order valence-electron chi connectivity index (χ3n) is 2.88. The maximum Gasteiger partial charge on any atom is 0.170 e. The minimum atomic E-state index is -1.14. The smallest absolute Gasteiger partial charge is 0.170 e. The molecular formula is C12H26O2S2. The molecule has 98 valence electrons. The fraction of sp³-hybridized carbons (Fsp3) is 1.00. The summed E-state index contributed by atoms with van der Waals surface area (Å²) in [7, 11) is -2.28. The van der Waals surface area contributed by atoms with Crippen LogP contribution in [0, 0.1) is 11.8 Å². The Morgan fingerprint density at radius 3 is 2.06 bits per heavy atom. The normalized spacial score (nSPS) is 19.1. The monoisotopic (exact) mass is 266 g/mol. The fourth-order valence-electron chi connectivity index (χ4n) is 1.48. The molecule has 2 nitrogen and oxygen atoms in total. The van der Waals surface area contributed by atoms with Crippen molar-refractivity contribution >= 4 is 20.4 Å². The second-order valence-electron chi connectivity index (χ2n) is 4.67. The van der Waals surface area contributed by atoms with E-state index < -0.39 is 20.4 Å². The predicted octanol–water partition coefficient (Wildman–Crippen LogP) is 3.27. The molecule has 0 aliphatic rings. The average Bonchev–Trinajstić information content (AvgIpc) is 2.25. The molecule has 4 heteroatoms. The topological polar surface area (TPSA) is 46.1 Å². The van der Waals surface area contributed by atoms with Gasteiger partial charge in [0.15, 0.2) is 31.9 Å². The van der Waals surface area contributed by atoms with E-state index >= 15 is 0 Å². The van der Waals surface area contributed by atoms with Crippen LogP contribution in [-0.2, 0) is 20.4 Å². The van der Waals surface area contributed by atoms with Crippen molar-refractivity contribution in [3.63, 3.8) is 0 Å². The maximum absolute atomic E-state index is 11.7. The van der Waals surface area contributed by atoms with Crippen molar-refractivity contribution in [1.29, 1.82) is 0 Å². The number of hydrogen-bond donors (Lipinski definition) is 0. The zero-order valence-electron chi connectivity index (χ0n) is 11.0. The molecule has 0 N–H and O–H groups in total. The zero-order valence-corrected chi connectivity index (χ0v) is 12.7. The van der Waals surface area contributed by atoms with Crippen LogP contribution in [0.5, 0.6) is 0 Å². The molecule has 0 amide bonds. The van der Waals surface area contributed by atoms with Gasteiger partial charge in [0, 0.05) is 5.92 Å². The second-order valence-corrected chi connectivity index (χ2v) is 8.86. The summed E-state index contributed by atoms with van der Waals surface area (Å²) in [6.07, 6.45) is 4.22. The highest BCUT2D eigenvalue weighted by molar-refractivity contribution is 8.67. The van der Waals surface area contributed by atoms with Crippen LogP contribution in [0.2, 0.25) is 0 Å². The standard InChI is InChI=1S/C12H26O2S2/c1-5-7-12(4)10-16(14)15(13)9-8-11(3)6-2/h11-12H,5-10H2,1-4H3. The van der Waals surface area contributed by atoms with Crippen LogP contribution in [0.15, 0.2) is 0 Å². The molecular weight excluding hydrogens is 240 g/mol. The van der Waals surface area contributed by atoms with Crippen molar-refractivity contribution in [3.8, 4) is 0 Å². The largest absolute Gasteiger partial charge is 0.571 e. The Bertz CT molecular complexity index is 167. The lowest BCUT2D eigenvalue weighted by Gasteiger charge is -2.16. The van der Waals surface area contributed by atoms with Crippen LogP contribution in [0.3, 0.4) is 0 Å². The van der Waals surface area contributed by atoms with Crippen molar-refractivity contribution in [2.45, 2.75) is 53.4 Å². The van der Waals surface area contributed by atoms with Crippen molar-refractivity contribution in [1.82, 2.24) is 0 Å². The summed E-state index contributed by atoms with van der Waals surface area (Å²) in [5, 5.41) is 0. The lowest BCUT2D eigenvalue weighted by atomic mass is 10.1. The van der Waals surface area contributed by atoms with E-state index in [-0.39, 0.29) is 0 Å². The lowest BCUT2D eigenvalue weighted by molar-refractivity contribution is 0.529. The van der Waals surface area contributed by atoms with E-state index in [4.69, 9.17) is 0 Å². The molecule has 4 atom stereocenters. The van der Waals surface area contributed by atoms with E-state index in [0.29, 0.717) is 23.3 Å². The first-order valence-electron chi connectivity index (χ1n) is 6.28. The summed E-state index contributed by atoms with van der Waals surface area (Å²) >= 11 is 0. The Hall–Kier alpha value is 0.620. The summed E-state index contributed by atoms with van der Waals surface area (Å²) in [5.74, 6) is 2.22. The van der Waals surface area contributed by atoms with Gasteiger partial charge < -0.3 is 9.11 Å². The van der Waals surface area contributed by atoms with Gasteiger partial charge in [-0.3, -0.25) is 0 Å². The molecule has 0 aromatic carbocycles. The molecule has 4 unspecified atom stereocenters. The van der Waals surface area contributed by atoms with E-state index in [2.05, 4.69) is 27.7 Å². The third kappa shape index (κ3) is 7.82. The Morgan fingerprint density at radius 2 is 1.56 bits per heavy atom. The lowest BCUT2D eigenvalue weighted by Crippen LogP contribution is -2.26. The van der Waals surface area contributed by atoms with Gasteiger partial charge >= 0.3 is 0 Å². The van der Waals surface area contributed by atoms with Gasteiger partial charge in [-0.1, -0.05) is 40.5 Å². The van der Waals surface area contributed by atoms with E-state index in [1.54, 1.807) is 0 Å². The molecule has 0 heterocycles. The molecule has 0 saturated heterocycles. The van der Waals surface area contributed by atoms with Gasteiger partial charge in [-0.05, 0) is 18.8 Å². The van der Waals surface area contributed by atoms with Crippen molar-refractivity contribution in [3.05, 3.63) is 0 Å². The Labute approximate surface area is 106 Å². The van der Waals surface area contributed by atoms with Gasteiger partial charge in [0.05, 0.1) is 0 Å². The molecule has 0 aromatic rings. The number of hydrogen-bond acceptors (Lipinski definition) is 2. The molecule has 16 heavy (non-hydrogen) atoms. The first kappa shape index (κ1) is 16.6. The molecule has 0 rings (SSSR count). The highest BCUT2D eigenvalue weighted by atomic mass is 33.2. The maximum atomic E-state index is 11.7. The fourth-order valence-corrected chi connectivity index (χ4v) is 5.04. The van der Waals surface area contributed by atoms with Crippen molar-refractivity contribution in [2.75, 3.05) is 11.5 Å². The molecule has 0 aliphatic heterocycles. The van der Waals surface area contributed by atoms with Gasteiger partial charge in [-0.2, -0.15) is 0 Å².